The van der Waals surface area contributed by atoms with Gasteiger partial charge in [0.1, 0.15) is 6.04 Å². The van der Waals surface area contributed by atoms with E-state index < -0.39 is 12.0 Å². The topological polar surface area (TPSA) is 97.1 Å². The molecule has 1 aliphatic rings. The highest BCUT2D eigenvalue weighted by Crippen LogP contribution is 2.44. The van der Waals surface area contributed by atoms with Crippen molar-refractivity contribution in [3.8, 4) is 5.69 Å². The Bertz CT molecular complexity index is 1390. The Morgan fingerprint density at radius 2 is 1.74 bits per heavy atom. The van der Waals surface area contributed by atoms with Gasteiger partial charge in [0.15, 0.2) is 5.16 Å². The van der Waals surface area contributed by atoms with Crippen molar-refractivity contribution in [3.63, 3.8) is 0 Å². The van der Waals surface area contributed by atoms with E-state index in [1.54, 1.807) is 0 Å². The van der Waals surface area contributed by atoms with E-state index in [4.69, 9.17) is 0 Å². The summed E-state index contributed by atoms with van der Waals surface area (Å²) < 4.78 is 2.42. The lowest BCUT2D eigenvalue weighted by Crippen LogP contribution is -2.43. The fourth-order valence-electron chi connectivity index (χ4n) is 4.22. The number of rotatable bonds is 9. The molecule has 35 heavy (non-hydrogen) atoms. The number of aliphatic carboxylic acids is 1. The molecular formula is C26H23BrN4O3S. The average Bonchev–Trinajstić information content (AvgIpc) is 3.64. The Morgan fingerprint density at radius 3 is 2.46 bits per heavy atom. The molecule has 1 heterocycles. The fraction of sp³-hybridized carbons (Fsp3) is 0.231. The number of benzene rings is 3. The predicted octanol–water partition coefficient (Wildman–Crippen LogP) is 4.96. The van der Waals surface area contributed by atoms with Crippen LogP contribution in [0.5, 0.6) is 0 Å². The molecule has 7 nitrogen and oxygen atoms in total. The third kappa shape index (κ3) is 5.26. The fourth-order valence-corrected chi connectivity index (χ4v) is 5.53. The Labute approximate surface area is 215 Å². The van der Waals surface area contributed by atoms with Crippen LogP contribution < -0.4 is 5.32 Å². The minimum Gasteiger partial charge on any atom is -0.480 e. The minimum absolute atomic E-state index is 0.0157. The van der Waals surface area contributed by atoms with Crippen LogP contribution in [0, 0.1) is 0 Å². The number of amides is 1. The summed E-state index contributed by atoms with van der Waals surface area (Å²) in [6.07, 6.45) is 2.66. The van der Waals surface area contributed by atoms with E-state index in [-0.39, 0.29) is 18.1 Å². The number of nitrogens with zero attached hydrogens (tertiary/aromatic N) is 3. The largest absolute Gasteiger partial charge is 0.480 e. The summed E-state index contributed by atoms with van der Waals surface area (Å²) in [5.41, 5.74) is 3.13. The molecule has 1 fully saturated rings. The molecule has 1 amide bonds. The van der Waals surface area contributed by atoms with E-state index >= 15 is 0 Å². The molecule has 0 saturated heterocycles. The van der Waals surface area contributed by atoms with Gasteiger partial charge in [-0.2, -0.15) is 0 Å². The zero-order chi connectivity index (χ0) is 24.4. The van der Waals surface area contributed by atoms with Crippen LogP contribution >= 0.6 is 27.7 Å². The summed E-state index contributed by atoms with van der Waals surface area (Å²) in [6, 6.07) is 20.8. The van der Waals surface area contributed by atoms with Crippen molar-refractivity contribution in [2.45, 2.75) is 36.4 Å². The van der Waals surface area contributed by atoms with Crippen LogP contribution in [0.2, 0.25) is 0 Å². The monoisotopic (exact) mass is 550 g/mol. The van der Waals surface area contributed by atoms with Crippen LogP contribution in [0.15, 0.2) is 76.6 Å². The smallest absolute Gasteiger partial charge is 0.326 e. The molecule has 1 aromatic heterocycles. The molecule has 0 spiro atoms. The summed E-state index contributed by atoms with van der Waals surface area (Å²) >= 11 is 4.72. The molecule has 9 heteroatoms. The molecule has 5 rings (SSSR count). The number of carbonyl (C=O) groups excluding carboxylic acids is 1. The van der Waals surface area contributed by atoms with Gasteiger partial charge in [-0.15, -0.1) is 10.2 Å². The Kier molecular flexibility index (Phi) is 6.88. The van der Waals surface area contributed by atoms with Crippen LogP contribution in [0.4, 0.5) is 0 Å². The summed E-state index contributed by atoms with van der Waals surface area (Å²) in [7, 11) is 0. The SMILES string of the molecule is O=C(CSc1nnc(Br)n1-c1ccc(C2CC2)c2ccccc12)NC(Cc1ccccc1)C(=O)O. The standard InChI is InChI=1S/C26H23BrN4O3S/c27-25-29-30-26(35-15-23(32)28-21(24(33)34)14-16-6-2-1-3-7-16)31(25)22-13-12-18(17-10-11-17)19-8-4-5-9-20(19)22/h1-9,12-13,17,21H,10-11,14-15H2,(H,28,32)(H,33,34). The number of nitrogens with one attached hydrogen (secondary N) is 1. The normalized spacial score (nSPS) is 14.1. The van der Waals surface area contributed by atoms with E-state index in [0.717, 1.165) is 16.6 Å². The number of thioether (sulfide) groups is 1. The quantitative estimate of drug-likeness (QED) is 0.286. The Balaban J connectivity index is 1.34. The van der Waals surface area contributed by atoms with Crippen molar-refractivity contribution >= 4 is 50.3 Å². The van der Waals surface area contributed by atoms with Crippen molar-refractivity contribution in [2.24, 2.45) is 0 Å². The lowest BCUT2D eigenvalue weighted by molar-refractivity contribution is -0.141. The second-order valence-corrected chi connectivity index (χ2v) is 10.2. The molecule has 1 saturated carbocycles. The van der Waals surface area contributed by atoms with Gasteiger partial charge in [0.05, 0.1) is 11.4 Å². The van der Waals surface area contributed by atoms with Gasteiger partial charge in [-0.3, -0.25) is 9.36 Å². The summed E-state index contributed by atoms with van der Waals surface area (Å²) in [4.78, 5) is 24.4. The van der Waals surface area contributed by atoms with Gasteiger partial charge >= 0.3 is 5.97 Å². The summed E-state index contributed by atoms with van der Waals surface area (Å²) in [5, 5.41) is 23.5. The van der Waals surface area contributed by atoms with Gasteiger partial charge < -0.3 is 10.4 Å². The van der Waals surface area contributed by atoms with Crippen molar-refractivity contribution in [3.05, 3.63) is 82.6 Å². The molecule has 0 aliphatic heterocycles. The summed E-state index contributed by atoms with van der Waals surface area (Å²) in [5.74, 6) is -0.811. The first kappa shape index (κ1) is 23.6. The molecule has 0 bridgehead atoms. The first-order valence-corrected chi connectivity index (χ1v) is 13.1. The van der Waals surface area contributed by atoms with E-state index in [0.29, 0.717) is 15.8 Å². The third-order valence-electron chi connectivity index (χ3n) is 6.04. The van der Waals surface area contributed by atoms with Crippen LogP contribution in [-0.4, -0.2) is 43.5 Å². The van der Waals surface area contributed by atoms with Gasteiger partial charge in [-0.1, -0.05) is 72.4 Å². The lowest BCUT2D eigenvalue weighted by Gasteiger charge is -2.15. The maximum atomic E-state index is 12.7. The number of hydrogen-bond donors (Lipinski definition) is 2. The molecule has 1 unspecified atom stereocenters. The average molecular weight is 551 g/mol. The second-order valence-electron chi connectivity index (χ2n) is 8.52. The van der Waals surface area contributed by atoms with E-state index in [2.05, 4.69) is 55.7 Å². The van der Waals surface area contributed by atoms with E-state index in [1.807, 2.05) is 47.0 Å². The first-order chi connectivity index (χ1) is 17.0. The van der Waals surface area contributed by atoms with E-state index in [9.17, 15) is 14.7 Å². The highest BCUT2D eigenvalue weighted by molar-refractivity contribution is 9.10. The molecule has 3 aromatic carbocycles. The number of hydrogen-bond acceptors (Lipinski definition) is 5. The molecule has 178 valence electrons. The van der Waals surface area contributed by atoms with Gasteiger partial charge in [0.2, 0.25) is 10.6 Å². The highest BCUT2D eigenvalue weighted by Gasteiger charge is 2.27. The zero-order valence-corrected chi connectivity index (χ0v) is 21.1. The molecule has 0 radical (unpaired) electrons. The van der Waals surface area contributed by atoms with Gasteiger partial charge in [0, 0.05) is 11.8 Å². The van der Waals surface area contributed by atoms with Gasteiger partial charge in [-0.05, 0) is 57.3 Å². The molecule has 1 aliphatic carbocycles. The van der Waals surface area contributed by atoms with E-state index in [1.165, 1.54) is 35.6 Å². The van der Waals surface area contributed by atoms with Gasteiger partial charge in [0.25, 0.3) is 0 Å². The molecule has 2 N–H and O–H groups in total. The molecular weight excluding hydrogens is 528 g/mol. The maximum Gasteiger partial charge on any atom is 0.326 e. The number of carboxylic acids is 1. The van der Waals surface area contributed by atoms with Gasteiger partial charge in [-0.25, -0.2) is 4.79 Å². The summed E-state index contributed by atoms with van der Waals surface area (Å²) in [6.45, 7) is 0. The zero-order valence-electron chi connectivity index (χ0n) is 18.7. The van der Waals surface area contributed by atoms with Crippen LogP contribution in [0.25, 0.3) is 16.5 Å². The van der Waals surface area contributed by atoms with Crippen LogP contribution in [0.1, 0.15) is 29.9 Å². The van der Waals surface area contributed by atoms with Crippen molar-refractivity contribution in [1.29, 1.82) is 0 Å². The first-order valence-electron chi connectivity index (χ1n) is 11.3. The number of aromatic nitrogens is 3. The van der Waals surface area contributed by atoms with Crippen molar-refractivity contribution in [2.75, 3.05) is 5.75 Å². The molecule has 4 aromatic rings. The second kappa shape index (κ2) is 10.2. The van der Waals surface area contributed by atoms with Crippen LogP contribution in [0.3, 0.4) is 0 Å². The lowest BCUT2D eigenvalue weighted by atomic mass is 9.99. The number of carbonyl (C=O) groups is 2. The van der Waals surface area contributed by atoms with Crippen LogP contribution in [-0.2, 0) is 16.0 Å². The number of fused-ring (bicyclic) bond motifs is 1. The minimum atomic E-state index is -1.07. The van der Waals surface area contributed by atoms with Crippen molar-refractivity contribution in [1.82, 2.24) is 20.1 Å². The Morgan fingerprint density at radius 1 is 1.03 bits per heavy atom. The van der Waals surface area contributed by atoms with Crippen molar-refractivity contribution < 1.29 is 14.7 Å². The Hall–Kier alpha value is -3.17. The number of halogens is 1. The molecule has 1 atom stereocenters. The highest BCUT2D eigenvalue weighted by atomic mass is 79.9. The number of carboxylic acid groups (broad SMARTS) is 1. The third-order valence-corrected chi connectivity index (χ3v) is 7.48. The predicted molar refractivity (Wildman–Crippen MR) is 139 cm³/mol. The maximum absolute atomic E-state index is 12.7.